The van der Waals surface area contributed by atoms with E-state index in [0.29, 0.717) is 12.6 Å². The molecule has 1 atom stereocenters. The zero-order chi connectivity index (χ0) is 12.5. The molecule has 0 amide bonds. The summed E-state index contributed by atoms with van der Waals surface area (Å²) in [5.41, 5.74) is 5.45. The van der Waals surface area contributed by atoms with Gasteiger partial charge in [-0.25, -0.2) is 4.99 Å². The molecule has 2 aliphatic rings. The smallest absolute Gasteiger partial charge is 0.289 e. The van der Waals surface area contributed by atoms with Crippen LogP contribution in [0.15, 0.2) is 17.1 Å². The molecule has 0 spiro atoms. The van der Waals surface area contributed by atoms with Crippen LogP contribution in [0.3, 0.4) is 0 Å². The molecule has 1 heterocycles. The van der Waals surface area contributed by atoms with Gasteiger partial charge in [-0.2, -0.15) is 0 Å². The second-order valence-corrected chi connectivity index (χ2v) is 5.40. The Hall–Kier alpha value is -1.51. The van der Waals surface area contributed by atoms with Gasteiger partial charge in [0.15, 0.2) is 0 Å². The molecule has 0 saturated heterocycles. The van der Waals surface area contributed by atoms with Gasteiger partial charge in [-0.1, -0.05) is 19.1 Å². The van der Waals surface area contributed by atoms with Gasteiger partial charge in [0.05, 0.1) is 6.54 Å². The minimum absolute atomic E-state index is 0.685. The van der Waals surface area contributed by atoms with Crippen molar-refractivity contribution in [3.8, 4) is 0 Å². The van der Waals surface area contributed by atoms with Crippen molar-refractivity contribution >= 4 is 11.7 Å². The van der Waals surface area contributed by atoms with Gasteiger partial charge in [0, 0.05) is 5.69 Å². The molecule has 0 aromatic heterocycles. The van der Waals surface area contributed by atoms with Crippen LogP contribution >= 0.6 is 0 Å². The highest BCUT2D eigenvalue weighted by Crippen LogP contribution is 2.33. The van der Waals surface area contributed by atoms with Crippen LogP contribution in [0.25, 0.3) is 0 Å². The summed E-state index contributed by atoms with van der Waals surface area (Å²) in [6.07, 6.45) is 3.65. The number of fused-ring (bicyclic) bond motifs is 1. The molecule has 18 heavy (non-hydrogen) atoms. The van der Waals surface area contributed by atoms with E-state index in [-0.39, 0.29) is 0 Å². The van der Waals surface area contributed by atoms with E-state index in [0.717, 1.165) is 18.9 Å². The molecular weight excluding hydrogens is 224 g/mol. The van der Waals surface area contributed by atoms with E-state index in [4.69, 9.17) is 4.74 Å². The Labute approximate surface area is 108 Å². The maximum atomic E-state index is 5.47. The van der Waals surface area contributed by atoms with E-state index in [9.17, 15) is 0 Å². The van der Waals surface area contributed by atoms with Gasteiger partial charge in [0.25, 0.3) is 6.02 Å². The van der Waals surface area contributed by atoms with E-state index >= 15 is 0 Å². The summed E-state index contributed by atoms with van der Waals surface area (Å²) in [6, 6.07) is 5.16. The second-order valence-electron chi connectivity index (χ2n) is 5.40. The first-order chi connectivity index (χ1) is 8.74. The Morgan fingerprint density at radius 2 is 2.28 bits per heavy atom. The lowest BCUT2D eigenvalue weighted by molar-refractivity contribution is 0.346. The number of ether oxygens (including phenoxy) is 1. The molecule has 1 N–H and O–H groups in total. The summed E-state index contributed by atoms with van der Waals surface area (Å²) >= 11 is 0. The molecule has 1 aromatic carbocycles. The average molecular weight is 244 g/mol. The van der Waals surface area contributed by atoms with Gasteiger partial charge in [0.1, 0.15) is 6.61 Å². The fourth-order valence-electron chi connectivity index (χ4n) is 2.82. The highest BCUT2D eigenvalue weighted by molar-refractivity contribution is 5.91. The number of anilines is 1. The van der Waals surface area contributed by atoms with E-state index < -0.39 is 0 Å². The summed E-state index contributed by atoms with van der Waals surface area (Å²) in [6.45, 7) is 5.95. The third-order valence-electron chi connectivity index (χ3n) is 3.89. The zero-order valence-corrected chi connectivity index (χ0v) is 11.1. The highest BCUT2D eigenvalue weighted by atomic mass is 16.5. The summed E-state index contributed by atoms with van der Waals surface area (Å²) in [5.74, 6) is 0.770. The molecular formula is C15H20N2O. The number of hydrogen-bond donors (Lipinski definition) is 1. The molecule has 3 nitrogen and oxygen atoms in total. The fourth-order valence-corrected chi connectivity index (χ4v) is 2.82. The van der Waals surface area contributed by atoms with Crippen LogP contribution in [0, 0.1) is 12.8 Å². The first-order valence-corrected chi connectivity index (χ1v) is 6.79. The maximum Gasteiger partial charge on any atom is 0.289 e. The van der Waals surface area contributed by atoms with Crippen LogP contribution < -0.4 is 5.32 Å². The zero-order valence-electron chi connectivity index (χ0n) is 11.1. The molecule has 0 radical (unpaired) electrons. The van der Waals surface area contributed by atoms with Crippen LogP contribution in [-0.2, 0) is 17.6 Å². The van der Waals surface area contributed by atoms with Crippen molar-refractivity contribution in [3.63, 3.8) is 0 Å². The number of aryl methyl sites for hydroxylation is 2. The van der Waals surface area contributed by atoms with Crippen molar-refractivity contribution < 1.29 is 4.74 Å². The molecule has 3 rings (SSSR count). The normalized spacial score (nSPS) is 22.1. The van der Waals surface area contributed by atoms with Crippen LogP contribution in [-0.4, -0.2) is 19.2 Å². The third-order valence-corrected chi connectivity index (χ3v) is 3.89. The Morgan fingerprint density at radius 3 is 3.06 bits per heavy atom. The van der Waals surface area contributed by atoms with E-state index in [1.807, 2.05) is 0 Å². The molecule has 1 aliphatic heterocycles. The monoisotopic (exact) mass is 244 g/mol. The van der Waals surface area contributed by atoms with Gasteiger partial charge in [0.2, 0.25) is 0 Å². The predicted molar refractivity (Wildman–Crippen MR) is 74.2 cm³/mol. The molecule has 1 unspecified atom stereocenters. The molecule has 1 aliphatic carbocycles. The number of nitrogens with zero attached hydrogens (tertiary/aromatic N) is 1. The average Bonchev–Trinajstić information content (AvgIpc) is 2.86. The van der Waals surface area contributed by atoms with Gasteiger partial charge in [-0.05, 0) is 48.8 Å². The summed E-state index contributed by atoms with van der Waals surface area (Å²) in [7, 11) is 0. The van der Waals surface area contributed by atoms with E-state index in [1.54, 1.807) is 0 Å². The highest BCUT2D eigenvalue weighted by Gasteiger charge is 2.20. The number of aliphatic imine (C=N–C) groups is 1. The van der Waals surface area contributed by atoms with Crippen molar-refractivity contribution in [2.45, 2.75) is 33.1 Å². The van der Waals surface area contributed by atoms with Crippen molar-refractivity contribution in [2.24, 2.45) is 10.9 Å². The van der Waals surface area contributed by atoms with Crippen molar-refractivity contribution in [1.29, 1.82) is 0 Å². The Morgan fingerprint density at radius 1 is 1.39 bits per heavy atom. The number of hydrogen-bond acceptors (Lipinski definition) is 3. The van der Waals surface area contributed by atoms with Crippen molar-refractivity contribution in [3.05, 3.63) is 28.8 Å². The predicted octanol–water partition coefficient (Wildman–Crippen LogP) is 2.92. The van der Waals surface area contributed by atoms with Crippen LogP contribution in [0.4, 0.5) is 5.69 Å². The fraction of sp³-hybridized carbons (Fsp3) is 0.533. The van der Waals surface area contributed by atoms with Crippen LogP contribution in [0.2, 0.25) is 0 Å². The number of rotatable bonds is 1. The van der Waals surface area contributed by atoms with Crippen molar-refractivity contribution in [1.82, 2.24) is 0 Å². The molecule has 0 bridgehead atoms. The minimum atomic E-state index is 0.685. The lowest BCUT2D eigenvalue weighted by Crippen LogP contribution is -2.19. The minimum Gasteiger partial charge on any atom is -0.463 e. The molecule has 3 heteroatoms. The van der Waals surface area contributed by atoms with Crippen molar-refractivity contribution in [2.75, 3.05) is 18.5 Å². The van der Waals surface area contributed by atoms with Crippen LogP contribution in [0.5, 0.6) is 0 Å². The first-order valence-electron chi connectivity index (χ1n) is 6.79. The summed E-state index contributed by atoms with van der Waals surface area (Å²) in [5, 5.41) is 3.39. The largest absolute Gasteiger partial charge is 0.463 e. The Balaban J connectivity index is 1.96. The quantitative estimate of drug-likeness (QED) is 0.824. The Kier molecular flexibility index (Phi) is 2.98. The molecule has 1 aromatic rings. The van der Waals surface area contributed by atoms with Gasteiger partial charge < -0.3 is 10.1 Å². The molecule has 96 valence electrons. The SMILES string of the molecule is Cc1ccc2c(c1NC1=NCCO1)CC(C)CC2. The first kappa shape index (κ1) is 11.6. The lowest BCUT2D eigenvalue weighted by atomic mass is 9.83. The molecule has 0 fully saturated rings. The van der Waals surface area contributed by atoms with Gasteiger partial charge >= 0.3 is 0 Å². The van der Waals surface area contributed by atoms with E-state index in [2.05, 4.69) is 36.3 Å². The number of benzene rings is 1. The number of amidine groups is 1. The lowest BCUT2D eigenvalue weighted by Gasteiger charge is -2.25. The van der Waals surface area contributed by atoms with Gasteiger partial charge in [-0.3, -0.25) is 0 Å². The Bertz CT molecular complexity index is 494. The molecule has 0 saturated carbocycles. The van der Waals surface area contributed by atoms with E-state index in [1.165, 1.54) is 35.2 Å². The summed E-state index contributed by atoms with van der Waals surface area (Å²) in [4.78, 5) is 4.32. The van der Waals surface area contributed by atoms with Crippen LogP contribution in [0.1, 0.15) is 30.0 Å². The number of nitrogens with one attached hydrogen (secondary N) is 1. The maximum absolute atomic E-state index is 5.47. The topological polar surface area (TPSA) is 33.6 Å². The summed E-state index contributed by atoms with van der Waals surface area (Å²) < 4.78 is 5.47. The standard InChI is InChI=1S/C15H20N2O/c1-10-3-5-12-6-4-11(2)14(13(12)9-10)17-15-16-7-8-18-15/h4,6,10H,3,5,7-9H2,1-2H3,(H,16,17). The van der Waals surface area contributed by atoms with Gasteiger partial charge in [-0.15, -0.1) is 0 Å². The third kappa shape index (κ3) is 2.09. The second kappa shape index (κ2) is 4.63.